The number of nitrogens with one attached hydrogen (secondary N) is 2. The molecule has 32 heavy (non-hydrogen) atoms. The fourth-order valence-electron chi connectivity index (χ4n) is 3.37. The molecule has 0 aliphatic carbocycles. The molecule has 0 unspecified atom stereocenters. The molecule has 2 atom stereocenters. The van der Waals surface area contributed by atoms with Crippen molar-refractivity contribution < 1.29 is 28.6 Å². The van der Waals surface area contributed by atoms with E-state index in [1.807, 2.05) is 58.0 Å². The molecule has 0 bridgehead atoms. The zero-order chi connectivity index (χ0) is 24.3. The van der Waals surface area contributed by atoms with Gasteiger partial charge >= 0.3 is 5.97 Å². The third-order valence-corrected chi connectivity index (χ3v) is 6.44. The number of aliphatic carboxylic acids is 1. The number of carboxylic acid groups (broad SMARTS) is 1. The second-order valence-corrected chi connectivity index (χ2v) is 11.3. The van der Waals surface area contributed by atoms with Crippen molar-refractivity contribution in [3.8, 4) is 0 Å². The van der Waals surface area contributed by atoms with Gasteiger partial charge in [0.25, 0.3) is 0 Å². The number of aryl methyl sites for hydroxylation is 1. The van der Waals surface area contributed by atoms with Crippen molar-refractivity contribution in [3.63, 3.8) is 0 Å². The van der Waals surface area contributed by atoms with Crippen molar-refractivity contribution in [1.29, 1.82) is 0 Å². The third kappa shape index (κ3) is 11.5. The van der Waals surface area contributed by atoms with Crippen LogP contribution in [0.15, 0.2) is 30.3 Å². The molecule has 0 spiro atoms. The maximum absolute atomic E-state index is 12.8. The van der Waals surface area contributed by atoms with E-state index in [1.54, 1.807) is 0 Å². The van der Waals surface area contributed by atoms with E-state index in [2.05, 4.69) is 10.6 Å². The third-order valence-electron chi connectivity index (χ3n) is 4.90. The molecule has 0 aliphatic heterocycles. The van der Waals surface area contributed by atoms with E-state index in [1.165, 1.54) is 0 Å². The number of hydrogen-bond donors (Lipinski definition) is 5. The van der Waals surface area contributed by atoms with Gasteiger partial charge in [0.2, 0.25) is 11.8 Å². The van der Waals surface area contributed by atoms with Gasteiger partial charge in [-0.1, -0.05) is 58.0 Å². The molecule has 5 N–H and O–H groups in total. The van der Waals surface area contributed by atoms with Crippen LogP contribution in [-0.4, -0.2) is 49.7 Å². The Morgan fingerprint density at radius 1 is 0.969 bits per heavy atom. The molecule has 182 valence electrons. The minimum Gasteiger partial charge on any atom is -0.480 e. The lowest BCUT2D eigenvalue weighted by Crippen LogP contribution is -2.46. The van der Waals surface area contributed by atoms with Crippen molar-refractivity contribution >= 4 is 28.4 Å². The van der Waals surface area contributed by atoms with Crippen LogP contribution in [-0.2, 0) is 20.8 Å². The maximum Gasteiger partial charge on any atom is 0.326 e. The predicted molar refractivity (Wildman–Crippen MR) is 127 cm³/mol. The molecule has 0 heterocycles. The highest BCUT2D eigenvalue weighted by molar-refractivity contribution is 8.24. The van der Waals surface area contributed by atoms with Crippen LogP contribution < -0.4 is 10.6 Å². The zero-order valence-corrected chi connectivity index (χ0v) is 20.2. The van der Waals surface area contributed by atoms with Crippen LogP contribution in [0, 0.1) is 17.8 Å². The van der Waals surface area contributed by atoms with E-state index >= 15 is 0 Å². The number of benzene rings is 1. The van der Waals surface area contributed by atoms with E-state index in [-0.39, 0.29) is 42.2 Å². The van der Waals surface area contributed by atoms with Gasteiger partial charge in [0.1, 0.15) is 11.9 Å². The summed E-state index contributed by atoms with van der Waals surface area (Å²) in [5, 5.41) is 14.5. The minimum absolute atomic E-state index is 0.0754. The molecule has 2 amide bonds. The summed E-state index contributed by atoms with van der Waals surface area (Å²) in [7, 11) is -3.27. The molecule has 1 aromatic rings. The van der Waals surface area contributed by atoms with Crippen LogP contribution in [0.2, 0.25) is 0 Å². The van der Waals surface area contributed by atoms with Gasteiger partial charge in [-0.2, -0.15) is 10.6 Å². The highest BCUT2D eigenvalue weighted by Gasteiger charge is 2.30. The number of hydrogen-bond acceptors (Lipinski definition) is 5. The molecule has 0 aromatic heterocycles. The van der Waals surface area contributed by atoms with Gasteiger partial charge in [-0.25, -0.2) is 4.79 Å². The fraction of sp³-hybridized carbons (Fsp3) is 0.609. The normalized spacial score (nSPS) is 14.1. The first-order chi connectivity index (χ1) is 14.9. The molecular formula is C23H38N2O6S. The van der Waals surface area contributed by atoms with Gasteiger partial charge in [0.15, 0.2) is 0 Å². The van der Waals surface area contributed by atoms with Crippen LogP contribution in [0.5, 0.6) is 0 Å². The van der Waals surface area contributed by atoms with Gasteiger partial charge in [-0.15, -0.1) is 0 Å². The largest absolute Gasteiger partial charge is 0.480 e. The van der Waals surface area contributed by atoms with E-state index in [0.717, 1.165) is 5.56 Å². The van der Waals surface area contributed by atoms with E-state index in [4.69, 9.17) is 0 Å². The SMILES string of the molecule is CC(C)C[C@H](CS(O)(O)CNC(=O)CCc1ccccc1)C(=O)N[C@@H](CC(C)C)C(=O)O. The summed E-state index contributed by atoms with van der Waals surface area (Å²) in [6, 6.07) is 8.47. The Morgan fingerprint density at radius 3 is 2.09 bits per heavy atom. The highest BCUT2D eigenvalue weighted by atomic mass is 32.3. The molecule has 1 rings (SSSR count). The highest BCUT2D eigenvalue weighted by Crippen LogP contribution is 2.40. The van der Waals surface area contributed by atoms with Crippen molar-refractivity contribution in [3.05, 3.63) is 35.9 Å². The van der Waals surface area contributed by atoms with E-state index < -0.39 is 34.4 Å². The first-order valence-electron chi connectivity index (χ1n) is 11.0. The quantitative estimate of drug-likeness (QED) is 0.281. The van der Waals surface area contributed by atoms with Crippen molar-refractivity contribution in [1.82, 2.24) is 10.6 Å². The Kier molecular flexibility index (Phi) is 11.7. The second kappa shape index (κ2) is 13.4. The topological polar surface area (TPSA) is 136 Å². The molecule has 1 aromatic carbocycles. The average molecular weight is 471 g/mol. The van der Waals surface area contributed by atoms with Crippen molar-refractivity contribution in [2.45, 2.75) is 59.4 Å². The molecule has 0 saturated carbocycles. The minimum atomic E-state index is -3.27. The fourth-order valence-corrected chi connectivity index (χ4v) is 4.81. The lowest BCUT2D eigenvalue weighted by Gasteiger charge is -2.36. The Balaban J connectivity index is 2.67. The average Bonchev–Trinajstić information content (AvgIpc) is 2.69. The van der Waals surface area contributed by atoms with Crippen molar-refractivity contribution in [2.75, 3.05) is 11.6 Å². The predicted octanol–water partition coefficient (Wildman–Crippen LogP) is 3.72. The Hall–Kier alpha value is -2.10. The number of amides is 2. The molecule has 0 fully saturated rings. The van der Waals surface area contributed by atoms with Crippen LogP contribution in [0.4, 0.5) is 0 Å². The molecule has 9 heteroatoms. The lowest BCUT2D eigenvalue weighted by molar-refractivity contribution is -0.142. The summed E-state index contributed by atoms with van der Waals surface area (Å²) in [6.45, 7) is 7.54. The standard InChI is InChI=1S/C23H38N2O6S/c1-16(2)12-19(22(27)25-20(23(28)29)13-17(3)4)14-32(30,31)15-24-21(26)11-10-18-8-6-5-7-9-18/h5-9,16-17,19-20,30-31H,10-15H2,1-4H3,(H,24,26)(H,25,27)(H,28,29)/t19-,20+/m1/s1. The molecular weight excluding hydrogens is 432 g/mol. The monoisotopic (exact) mass is 470 g/mol. The van der Waals surface area contributed by atoms with Crippen LogP contribution >= 0.6 is 10.6 Å². The molecule has 8 nitrogen and oxygen atoms in total. The number of carbonyl (C=O) groups is 3. The van der Waals surface area contributed by atoms with E-state index in [0.29, 0.717) is 12.8 Å². The molecule has 0 aliphatic rings. The summed E-state index contributed by atoms with van der Waals surface area (Å²) < 4.78 is 21.0. The number of carboxylic acids is 1. The van der Waals surface area contributed by atoms with Gasteiger partial charge in [-0.3, -0.25) is 18.7 Å². The number of rotatable bonds is 14. The zero-order valence-electron chi connectivity index (χ0n) is 19.4. The lowest BCUT2D eigenvalue weighted by atomic mass is 9.96. The van der Waals surface area contributed by atoms with E-state index in [9.17, 15) is 28.6 Å². The summed E-state index contributed by atoms with van der Waals surface area (Å²) in [5.74, 6) is -3.10. The van der Waals surface area contributed by atoms with Gasteiger partial charge in [0.05, 0.1) is 11.7 Å². The second-order valence-electron chi connectivity index (χ2n) is 9.05. The summed E-state index contributed by atoms with van der Waals surface area (Å²) in [5.41, 5.74) is 1.01. The van der Waals surface area contributed by atoms with Crippen LogP contribution in [0.25, 0.3) is 0 Å². The van der Waals surface area contributed by atoms with Crippen LogP contribution in [0.1, 0.15) is 52.5 Å². The first kappa shape index (κ1) is 27.9. The number of carbonyl (C=O) groups excluding carboxylic acids is 2. The summed E-state index contributed by atoms with van der Waals surface area (Å²) in [6.07, 6.45) is 1.41. The Bertz CT molecular complexity index is 739. The van der Waals surface area contributed by atoms with Crippen molar-refractivity contribution in [2.24, 2.45) is 17.8 Å². The van der Waals surface area contributed by atoms with Crippen LogP contribution in [0.3, 0.4) is 0 Å². The van der Waals surface area contributed by atoms with Gasteiger partial charge < -0.3 is 15.7 Å². The first-order valence-corrected chi connectivity index (χ1v) is 12.9. The Labute approximate surface area is 192 Å². The smallest absolute Gasteiger partial charge is 0.326 e. The Morgan fingerprint density at radius 2 is 1.56 bits per heavy atom. The molecule has 0 radical (unpaired) electrons. The van der Waals surface area contributed by atoms with Gasteiger partial charge in [-0.05, 0) is 36.7 Å². The molecule has 0 saturated heterocycles. The summed E-state index contributed by atoms with van der Waals surface area (Å²) in [4.78, 5) is 36.4. The maximum atomic E-state index is 12.8. The van der Waals surface area contributed by atoms with Gasteiger partial charge in [0, 0.05) is 6.42 Å². The summed E-state index contributed by atoms with van der Waals surface area (Å²) >= 11 is 0.